The van der Waals surface area contributed by atoms with Crippen molar-refractivity contribution in [2.75, 3.05) is 0 Å². The van der Waals surface area contributed by atoms with Crippen LogP contribution in [0.25, 0.3) is 11.0 Å². The number of rotatable bonds is 1. The summed E-state index contributed by atoms with van der Waals surface area (Å²) in [4.78, 5) is 4.41. The van der Waals surface area contributed by atoms with Crippen LogP contribution in [0.2, 0.25) is 0 Å². The van der Waals surface area contributed by atoms with Gasteiger partial charge in [0.25, 0.3) is 0 Å². The van der Waals surface area contributed by atoms with E-state index in [1.807, 2.05) is 23.7 Å². The van der Waals surface area contributed by atoms with Gasteiger partial charge in [-0.3, -0.25) is 4.68 Å². The van der Waals surface area contributed by atoms with Crippen molar-refractivity contribution < 1.29 is 0 Å². The molecular weight excluding hydrogens is 242 g/mol. The highest BCUT2D eigenvalue weighted by atomic mass is 79.9. The molecule has 14 heavy (non-hydrogen) atoms. The van der Waals surface area contributed by atoms with Crippen LogP contribution in [0.5, 0.6) is 0 Å². The Bertz CT molecular complexity index is 473. The van der Waals surface area contributed by atoms with Gasteiger partial charge in [0.05, 0.1) is 11.2 Å². The van der Waals surface area contributed by atoms with Crippen molar-refractivity contribution in [2.24, 2.45) is 0 Å². The average Bonchev–Trinajstić information content (AvgIpc) is 2.44. The molecule has 2 aromatic rings. The molecule has 0 N–H and O–H groups in total. The first-order chi connectivity index (χ1) is 6.59. The molecule has 0 fully saturated rings. The van der Waals surface area contributed by atoms with Crippen molar-refractivity contribution in [3.05, 3.63) is 22.4 Å². The van der Waals surface area contributed by atoms with Crippen molar-refractivity contribution >= 4 is 27.0 Å². The molecule has 0 spiro atoms. The van der Waals surface area contributed by atoms with E-state index in [-0.39, 0.29) is 0 Å². The first-order valence-electron chi connectivity index (χ1n) is 4.61. The maximum atomic E-state index is 4.46. The SMILES string of the molecule is Cc1nn(C(C)C)c2ccc(Br)nc12. The summed E-state index contributed by atoms with van der Waals surface area (Å²) in [5.74, 6) is 0. The Labute approximate surface area is 91.3 Å². The van der Waals surface area contributed by atoms with Gasteiger partial charge >= 0.3 is 0 Å². The molecule has 0 bridgehead atoms. The van der Waals surface area contributed by atoms with Crippen molar-refractivity contribution in [1.82, 2.24) is 14.8 Å². The van der Waals surface area contributed by atoms with Crippen LogP contribution in [0, 0.1) is 6.92 Å². The van der Waals surface area contributed by atoms with E-state index in [0.717, 1.165) is 21.3 Å². The lowest BCUT2D eigenvalue weighted by Gasteiger charge is -2.05. The fraction of sp³-hybridized carbons (Fsp3) is 0.400. The molecule has 0 aliphatic rings. The number of nitrogens with zero attached hydrogens (tertiary/aromatic N) is 3. The molecular formula is C10H12BrN3. The zero-order valence-corrected chi connectivity index (χ0v) is 10.0. The number of hydrogen-bond acceptors (Lipinski definition) is 2. The topological polar surface area (TPSA) is 30.7 Å². The second-order valence-electron chi connectivity index (χ2n) is 3.63. The Hall–Kier alpha value is -0.900. The van der Waals surface area contributed by atoms with E-state index in [0.29, 0.717) is 6.04 Å². The molecule has 0 aliphatic carbocycles. The molecule has 3 nitrogen and oxygen atoms in total. The molecule has 0 aliphatic heterocycles. The van der Waals surface area contributed by atoms with Crippen LogP contribution >= 0.6 is 15.9 Å². The van der Waals surface area contributed by atoms with Crippen LogP contribution in [0.1, 0.15) is 25.6 Å². The van der Waals surface area contributed by atoms with Gasteiger partial charge in [-0.25, -0.2) is 4.98 Å². The molecule has 0 atom stereocenters. The minimum absolute atomic E-state index is 0.370. The molecule has 0 unspecified atom stereocenters. The van der Waals surface area contributed by atoms with E-state index in [2.05, 4.69) is 39.9 Å². The van der Waals surface area contributed by atoms with Crippen LogP contribution < -0.4 is 0 Å². The van der Waals surface area contributed by atoms with Crippen LogP contribution in [0.3, 0.4) is 0 Å². The highest BCUT2D eigenvalue weighted by molar-refractivity contribution is 9.10. The van der Waals surface area contributed by atoms with Gasteiger partial charge in [-0.1, -0.05) is 0 Å². The lowest BCUT2D eigenvalue weighted by molar-refractivity contribution is 0.547. The molecule has 74 valence electrons. The first kappa shape index (κ1) is 9.65. The molecule has 0 saturated carbocycles. The minimum atomic E-state index is 0.370. The summed E-state index contributed by atoms with van der Waals surface area (Å²) in [6, 6.07) is 4.36. The summed E-state index contributed by atoms with van der Waals surface area (Å²) in [6.07, 6.45) is 0. The smallest absolute Gasteiger partial charge is 0.113 e. The highest BCUT2D eigenvalue weighted by Gasteiger charge is 2.10. The number of aromatic nitrogens is 3. The summed E-state index contributed by atoms with van der Waals surface area (Å²) < 4.78 is 2.86. The standard InChI is InChI=1S/C10H12BrN3/c1-6(2)14-8-4-5-9(11)12-10(8)7(3)13-14/h4-6H,1-3H3. The molecule has 0 aromatic carbocycles. The number of aryl methyl sites for hydroxylation is 1. The molecule has 2 rings (SSSR count). The maximum Gasteiger partial charge on any atom is 0.113 e. The zero-order valence-electron chi connectivity index (χ0n) is 8.45. The summed E-state index contributed by atoms with van der Waals surface area (Å²) in [5, 5.41) is 4.46. The number of pyridine rings is 1. The van der Waals surface area contributed by atoms with Crippen LogP contribution in [-0.2, 0) is 0 Å². The Morgan fingerprint density at radius 2 is 2.07 bits per heavy atom. The van der Waals surface area contributed by atoms with Gasteiger partial charge in [0, 0.05) is 6.04 Å². The lowest BCUT2D eigenvalue weighted by atomic mass is 10.3. The van der Waals surface area contributed by atoms with Crippen molar-refractivity contribution in [1.29, 1.82) is 0 Å². The average molecular weight is 254 g/mol. The van der Waals surface area contributed by atoms with Crippen LogP contribution in [0.15, 0.2) is 16.7 Å². The second kappa shape index (κ2) is 3.35. The molecule has 4 heteroatoms. The molecule has 0 amide bonds. The highest BCUT2D eigenvalue weighted by Crippen LogP contribution is 2.21. The van der Waals surface area contributed by atoms with Gasteiger partial charge in [0.1, 0.15) is 10.1 Å². The molecule has 2 heterocycles. The van der Waals surface area contributed by atoms with E-state index in [1.54, 1.807) is 0 Å². The van der Waals surface area contributed by atoms with Crippen LogP contribution in [-0.4, -0.2) is 14.8 Å². The van der Waals surface area contributed by atoms with Crippen molar-refractivity contribution in [3.8, 4) is 0 Å². The monoisotopic (exact) mass is 253 g/mol. The van der Waals surface area contributed by atoms with Crippen molar-refractivity contribution in [3.63, 3.8) is 0 Å². The van der Waals surface area contributed by atoms with Gasteiger partial charge in [-0.05, 0) is 48.8 Å². The van der Waals surface area contributed by atoms with Crippen LogP contribution in [0.4, 0.5) is 0 Å². The minimum Gasteiger partial charge on any atom is -0.260 e. The molecule has 2 aromatic heterocycles. The Morgan fingerprint density at radius 3 is 2.71 bits per heavy atom. The Balaban J connectivity index is 2.77. The second-order valence-corrected chi connectivity index (χ2v) is 4.44. The summed E-state index contributed by atoms with van der Waals surface area (Å²) in [5.41, 5.74) is 3.06. The fourth-order valence-corrected chi connectivity index (χ4v) is 1.85. The third kappa shape index (κ3) is 1.43. The van der Waals surface area contributed by atoms with E-state index in [1.165, 1.54) is 0 Å². The van der Waals surface area contributed by atoms with E-state index >= 15 is 0 Å². The number of hydrogen-bond donors (Lipinski definition) is 0. The third-order valence-electron chi connectivity index (χ3n) is 2.18. The summed E-state index contributed by atoms with van der Waals surface area (Å²) in [6.45, 7) is 6.22. The van der Waals surface area contributed by atoms with Crippen molar-refractivity contribution in [2.45, 2.75) is 26.8 Å². The first-order valence-corrected chi connectivity index (χ1v) is 5.40. The van der Waals surface area contributed by atoms with Gasteiger partial charge in [-0.2, -0.15) is 5.10 Å². The van der Waals surface area contributed by atoms with E-state index < -0.39 is 0 Å². The quantitative estimate of drug-likeness (QED) is 0.732. The predicted molar refractivity (Wildman–Crippen MR) is 60.4 cm³/mol. The fourth-order valence-electron chi connectivity index (χ4n) is 1.54. The Kier molecular flexibility index (Phi) is 2.31. The maximum absolute atomic E-state index is 4.46. The summed E-state index contributed by atoms with van der Waals surface area (Å²) in [7, 11) is 0. The Morgan fingerprint density at radius 1 is 1.36 bits per heavy atom. The third-order valence-corrected chi connectivity index (χ3v) is 2.62. The van der Waals surface area contributed by atoms with Gasteiger partial charge in [0.2, 0.25) is 0 Å². The normalized spacial score (nSPS) is 11.5. The number of fused-ring (bicyclic) bond motifs is 1. The largest absolute Gasteiger partial charge is 0.260 e. The number of halogens is 1. The van der Waals surface area contributed by atoms with E-state index in [9.17, 15) is 0 Å². The zero-order chi connectivity index (χ0) is 10.3. The molecule has 0 radical (unpaired) electrons. The predicted octanol–water partition coefficient (Wildman–Crippen LogP) is 3.08. The lowest BCUT2D eigenvalue weighted by Crippen LogP contribution is -2.02. The van der Waals surface area contributed by atoms with Gasteiger partial charge < -0.3 is 0 Å². The van der Waals surface area contributed by atoms with Gasteiger partial charge in [-0.15, -0.1) is 0 Å². The van der Waals surface area contributed by atoms with Gasteiger partial charge in [0.15, 0.2) is 0 Å². The van der Waals surface area contributed by atoms with E-state index in [4.69, 9.17) is 0 Å². The molecule has 0 saturated heterocycles. The summed E-state index contributed by atoms with van der Waals surface area (Å²) >= 11 is 3.36.